The highest BCUT2D eigenvalue weighted by molar-refractivity contribution is 6.32. The first-order valence-corrected chi connectivity index (χ1v) is 8.93. The van der Waals surface area contributed by atoms with Gasteiger partial charge in [-0.3, -0.25) is 9.59 Å². The second kappa shape index (κ2) is 9.43. The molecule has 1 aromatic carbocycles. The van der Waals surface area contributed by atoms with Gasteiger partial charge < -0.3 is 20.1 Å². The Labute approximate surface area is 157 Å². The molecule has 0 aliphatic carbocycles. The number of rotatable bonds is 6. The molecular formula is C18H23ClN2O5. The third-order valence-corrected chi connectivity index (χ3v) is 4.61. The summed E-state index contributed by atoms with van der Waals surface area (Å²) in [5.41, 5.74) is 0.329. The lowest BCUT2D eigenvalue weighted by Crippen LogP contribution is -2.44. The zero-order valence-corrected chi connectivity index (χ0v) is 15.4. The molecule has 8 heteroatoms. The zero-order chi connectivity index (χ0) is 19.1. The summed E-state index contributed by atoms with van der Waals surface area (Å²) in [6.45, 7) is 0.366. The molecule has 0 saturated carbocycles. The monoisotopic (exact) mass is 382 g/mol. The highest BCUT2D eigenvalue weighted by Crippen LogP contribution is 2.27. The number of carboxylic acid groups (broad SMARTS) is 1. The van der Waals surface area contributed by atoms with Crippen LogP contribution >= 0.6 is 11.6 Å². The Hall–Kier alpha value is -2.28. The summed E-state index contributed by atoms with van der Waals surface area (Å²) in [5, 5.41) is 12.2. The highest BCUT2D eigenvalue weighted by atomic mass is 35.5. The summed E-state index contributed by atoms with van der Waals surface area (Å²) in [4.78, 5) is 37.5. The molecule has 2 N–H and O–H groups in total. The van der Waals surface area contributed by atoms with Crippen molar-refractivity contribution in [3.63, 3.8) is 0 Å². The molecule has 1 aliphatic rings. The molecule has 1 atom stereocenters. The maximum atomic E-state index is 12.3. The van der Waals surface area contributed by atoms with Crippen LogP contribution < -0.4 is 10.1 Å². The fraction of sp³-hybridized carbons (Fsp3) is 0.500. The molecule has 1 heterocycles. The maximum absolute atomic E-state index is 12.3. The van der Waals surface area contributed by atoms with Crippen molar-refractivity contribution in [2.24, 2.45) is 0 Å². The molecule has 1 fully saturated rings. The Bertz CT molecular complexity index is 680. The summed E-state index contributed by atoms with van der Waals surface area (Å²) in [7, 11) is 1.46. The van der Waals surface area contributed by atoms with Gasteiger partial charge in [-0.25, -0.2) is 4.79 Å². The van der Waals surface area contributed by atoms with Gasteiger partial charge in [0, 0.05) is 13.0 Å². The Morgan fingerprint density at radius 3 is 2.69 bits per heavy atom. The molecule has 1 saturated heterocycles. The standard InChI is InChI=1S/C18H23ClN2O5/c1-26-14-8-7-12(10-13(14)19)17(18(24)25)20-15(22)11-21-9-5-3-2-4-6-16(21)23/h7-8,10,17H,2-6,9,11H2,1H3,(H,20,22)(H,24,25). The van der Waals surface area contributed by atoms with Gasteiger partial charge in [0.25, 0.3) is 0 Å². The molecule has 1 unspecified atom stereocenters. The van der Waals surface area contributed by atoms with Crippen LogP contribution in [-0.2, 0) is 14.4 Å². The Balaban J connectivity index is 2.06. The van der Waals surface area contributed by atoms with Crippen LogP contribution in [-0.4, -0.2) is 48.0 Å². The molecule has 2 rings (SSSR count). The number of amides is 2. The number of aliphatic carboxylic acids is 1. The summed E-state index contributed by atoms with van der Waals surface area (Å²) in [5.74, 6) is -1.38. The Morgan fingerprint density at radius 2 is 2.04 bits per heavy atom. The van der Waals surface area contributed by atoms with E-state index in [0.29, 0.717) is 24.3 Å². The number of halogens is 1. The smallest absolute Gasteiger partial charge is 0.330 e. The predicted molar refractivity (Wildman–Crippen MR) is 96.2 cm³/mol. The van der Waals surface area contributed by atoms with Crippen molar-refractivity contribution in [1.82, 2.24) is 10.2 Å². The van der Waals surface area contributed by atoms with E-state index >= 15 is 0 Å². The molecule has 142 valence electrons. The minimum absolute atomic E-state index is 0.0702. The van der Waals surface area contributed by atoms with Crippen LogP contribution in [0.25, 0.3) is 0 Å². The van der Waals surface area contributed by atoms with Crippen LogP contribution in [0, 0.1) is 0 Å². The van der Waals surface area contributed by atoms with Gasteiger partial charge in [0.05, 0.1) is 18.7 Å². The SMILES string of the molecule is COc1ccc(C(NC(=O)CN2CCCCCCC2=O)C(=O)O)cc1Cl. The molecule has 0 aromatic heterocycles. The van der Waals surface area contributed by atoms with Gasteiger partial charge in [-0.2, -0.15) is 0 Å². The van der Waals surface area contributed by atoms with Gasteiger partial charge in [-0.15, -0.1) is 0 Å². The van der Waals surface area contributed by atoms with Gasteiger partial charge in [0.2, 0.25) is 11.8 Å². The van der Waals surface area contributed by atoms with E-state index in [-0.39, 0.29) is 17.5 Å². The van der Waals surface area contributed by atoms with E-state index < -0.39 is 17.9 Å². The lowest BCUT2D eigenvalue weighted by molar-refractivity contribution is -0.143. The predicted octanol–water partition coefficient (Wildman–Crippen LogP) is 2.38. The van der Waals surface area contributed by atoms with E-state index in [1.807, 2.05) is 0 Å². The van der Waals surface area contributed by atoms with Crippen LogP contribution in [0.15, 0.2) is 18.2 Å². The van der Waals surface area contributed by atoms with Crippen LogP contribution in [0.2, 0.25) is 5.02 Å². The average Bonchev–Trinajstić information content (AvgIpc) is 2.59. The van der Waals surface area contributed by atoms with Gasteiger partial charge in [0.1, 0.15) is 5.75 Å². The van der Waals surface area contributed by atoms with Crippen molar-refractivity contribution < 1.29 is 24.2 Å². The zero-order valence-electron chi connectivity index (χ0n) is 14.7. The summed E-state index contributed by atoms with van der Waals surface area (Å²) in [6.07, 6.45) is 4.12. The van der Waals surface area contributed by atoms with E-state index in [9.17, 15) is 19.5 Å². The molecule has 2 amide bonds. The number of methoxy groups -OCH3 is 1. The number of carbonyl (C=O) groups excluding carboxylic acids is 2. The fourth-order valence-corrected chi connectivity index (χ4v) is 3.18. The van der Waals surface area contributed by atoms with E-state index in [4.69, 9.17) is 16.3 Å². The molecule has 0 bridgehead atoms. The van der Waals surface area contributed by atoms with Crippen molar-refractivity contribution in [2.75, 3.05) is 20.2 Å². The number of nitrogens with one attached hydrogen (secondary N) is 1. The first kappa shape index (κ1) is 20.0. The normalized spacial score (nSPS) is 16.4. The van der Waals surface area contributed by atoms with Crippen LogP contribution in [0.4, 0.5) is 0 Å². The number of ether oxygens (including phenoxy) is 1. The maximum Gasteiger partial charge on any atom is 0.330 e. The largest absolute Gasteiger partial charge is 0.495 e. The van der Waals surface area contributed by atoms with Crippen molar-refractivity contribution in [2.45, 2.75) is 38.1 Å². The Kier molecular flexibility index (Phi) is 7.26. The molecule has 1 aliphatic heterocycles. The summed E-state index contributed by atoms with van der Waals surface area (Å²) >= 11 is 6.04. The summed E-state index contributed by atoms with van der Waals surface area (Å²) < 4.78 is 5.04. The van der Waals surface area contributed by atoms with E-state index in [2.05, 4.69) is 5.32 Å². The second-order valence-electron chi connectivity index (χ2n) is 6.21. The number of carboxylic acids is 1. The van der Waals surface area contributed by atoms with Gasteiger partial charge >= 0.3 is 5.97 Å². The number of benzene rings is 1. The second-order valence-corrected chi connectivity index (χ2v) is 6.62. The lowest BCUT2D eigenvalue weighted by Gasteiger charge is -2.25. The first-order valence-electron chi connectivity index (χ1n) is 8.55. The van der Waals surface area contributed by atoms with Gasteiger partial charge in [-0.1, -0.05) is 30.5 Å². The topological polar surface area (TPSA) is 95.9 Å². The summed E-state index contributed by atoms with van der Waals surface area (Å²) in [6, 6.07) is 3.27. The molecular weight excluding hydrogens is 360 g/mol. The van der Waals surface area contributed by atoms with Crippen LogP contribution in [0.3, 0.4) is 0 Å². The number of hydrogen-bond donors (Lipinski definition) is 2. The minimum Gasteiger partial charge on any atom is -0.495 e. The average molecular weight is 383 g/mol. The fourth-order valence-electron chi connectivity index (χ4n) is 2.91. The number of carbonyl (C=O) groups is 3. The highest BCUT2D eigenvalue weighted by Gasteiger charge is 2.25. The minimum atomic E-state index is -1.25. The first-order chi connectivity index (χ1) is 12.4. The third kappa shape index (κ3) is 5.36. The third-order valence-electron chi connectivity index (χ3n) is 4.32. The number of nitrogens with zero attached hydrogens (tertiary/aromatic N) is 1. The number of hydrogen-bond acceptors (Lipinski definition) is 4. The van der Waals surface area contributed by atoms with Crippen molar-refractivity contribution >= 4 is 29.4 Å². The van der Waals surface area contributed by atoms with Crippen molar-refractivity contribution in [1.29, 1.82) is 0 Å². The molecule has 1 aromatic rings. The molecule has 0 radical (unpaired) electrons. The van der Waals surface area contributed by atoms with Gasteiger partial charge in [0.15, 0.2) is 6.04 Å². The van der Waals surface area contributed by atoms with E-state index in [1.165, 1.54) is 24.1 Å². The lowest BCUT2D eigenvalue weighted by atomic mass is 10.1. The molecule has 26 heavy (non-hydrogen) atoms. The van der Waals surface area contributed by atoms with Crippen molar-refractivity contribution in [3.05, 3.63) is 28.8 Å². The molecule has 0 spiro atoms. The number of likely N-dealkylation sites (tertiary alicyclic amines) is 1. The van der Waals surface area contributed by atoms with Crippen LogP contribution in [0.5, 0.6) is 5.75 Å². The van der Waals surface area contributed by atoms with Crippen LogP contribution in [0.1, 0.15) is 43.7 Å². The van der Waals surface area contributed by atoms with Crippen molar-refractivity contribution in [3.8, 4) is 5.75 Å². The Morgan fingerprint density at radius 1 is 1.31 bits per heavy atom. The van der Waals surface area contributed by atoms with Gasteiger partial charge in [-0.05, 0) is 30.5 Å². The molecule has 7 nitrogen and oxygen atoms in total. The van der Waals surface area contributed by atoms with E-state index in [0.717, 1.165) is 25.7 Å². The quantitative estimate of drug-likeness (QED) is 0.787. The van der Waals surface area contributed by atoms with E-state index in [1.54, 1.807) is 6.07 Å².